The van der Waals surface area contributed by atoms with Crippen molar-refractivity contribution in [2.75, 3.05) is 46.5 Å². The Morgan fingerprint density at radius 3 is 2.73 bits per heavy atom. The molecule has 1 saturated heterocycles. The van der Waals surface area contributed by atoms with Crippen LogP contribution in [0.4, 0.5) is 4.39 Å². The van der Waals surface area contributed by atoms with Gasteiger partial charge in [-0.05, 0) is 35.9 Å². The first-order valence-electron chi connectivity index (χ1n) is 10.7. The number of thiazole rings is 1. The summed E-state index contributed by atoms with van der Waals surface area (Å²) in [6.45, 7) is 4.92. The molecule has 0 saturated carbocycles. The molecule has 4 rings (SSSR count). The first-order valence-corrected chi connectivity index (χ1v) is 11.6. The molecule has 0 bridgehead atoms. The number of carbonyl (C=O) groups excluding carboxylic acids is 1. The van der Waals surface area contributed by atoms with Gasteiger partial charge in [0, 0.05) is 37.1 Å². The predicted octanol–water partition coefficient (Wildman–Crippen LogP) is 3.60. The highest BCUT2D eigenvalue weighted by molar-refractivity contribution is 7.13. The number of benzene rings is 2. The van der Waals surface area contributed by atoms with Crippen LogP contribution in [0, 0.1) is 5.82 Å². The van der Waals surface area contributed by atoms with Crippen LogP contribution in [0.1, 0.15) is 16.1 Å². The van der Waals surface area contributed by atoms with E-state index in [0.29, 0.717) is 30.3 Å². The fourth-order valence-electron chi connectivity index (χ4n) is 3.42. The lowest BCUT2D eigenvalue weighted by molar-refractivity contribution is 0.0383. The van der Waals surface area contributed by atoms with Gasteiger partial charge in [-0.15, -0.1) is 11.3 Å². The number of nitrogens with zero attached hydrogens (tertiary/aromatic N) is 2. The van der Waals surface area contributed by atoms with Gasteiger partial charge in [0.2, 0.25) is 0 Å². The molecule has 1 amide bonds. The maximum atomic E-state index is 13.1. The van der Waals surface area contributed by atoms with E-state index in [0.717, 1.165) is 49.0 Å². The summed E-state index contributed by atoms with van der Waals surface area (Å²) in [5, 5.41) is 5.41. The Hall–Kier alpha value is -3.01. The summed E-state index contributed by atoms with van der Waals surface area (Å²) in [4.78, 5) is 19.2. The van der Waals surface area contributed by atoms with Crippen LogP contribution in [0.2, 0.25) is 0 Å². The lowest BCUT2D eigenvalue weighted by Crippen LogP contribution is -2.41. The zero-order valence-corrected chi connectivity index (χ0v) is 19.2. The molecule has 1 N–H and O–H groups in total. The van der Waals surface area contributed by atoms with Gasteiger partial charge in [0.15, 0.2) is 11.5 Å². The SMILES string of the molecule is COc1cc(-c2nc(C(=O)NCCN3CCOCC3)cs2)ccc1OCc1ccc(F)cc1. The molecule has 0 atom stereocenters. The first kappa shape index (κ1) is 23.2. The number of hydrogen-bond donors (Lipinski definition) is 1. The fraction of sp³-hybridized carbons (Fsp3) is 0.333. The molecule has 0 spiro atoms. The summed E-state index contributed by atoms with van der Waals surface area (Å²) >= 11 is 1.40. The van der Waals surface area contributed by atoms with Gasteiger partial charge in [0.05, 0.1) is 20.3 Å². The largest absolute Gasteiger partial charge is 0.493 e. The Labute approximate surface area is 196 Å². The first-order chi connectivity index (χ1) is 16.1. The normalized spacial score (nSPS) is 14.1. The molecule has 9 heteroatoms. The molecule has 1 aliphatic heterocycles. The Morgan fingerprint density at radius 2 is 1.97 bits per heavy atom. The van der Waals surface area contributed by atoms with E-state index in [9.17, 15) is 9.18 Å². The standard InChI is InChI=1S/C24H26FN3O4S/c1-30-22-14-18(4-7-21(22)32-15-17-2-5-19(25)6-3-17)24-27-20(16-33-24)23(29)26-8-9-28-10-12-31-13-11-28/h2-7,14,16H,8-13,15H2,1H3,(H,26,29). The van der Waals surface area contributed by atoms with Crippen molar-refractivity contribution < 1.29 is 23.4 Å². The topological polar surface area (TPSA) is 72.9 Å². The number of ether oxygens (including phenoxy) is 3. The van der Waals surface area contributed by atoms with Crippen LogP contribution in [-0.2, 0) is 11.3 Å². The third kappa shape index (κ3) is 6.28. The number of amides is 1. The van der Waals surface area contributed by atoms with Gasteiger partial charge in [-0.2, -0.15) is 0 Å². The molecular weight excluding hydrogens is 445 g/mol. The van der Waals surface area contributed by atoms with Gasteiger partial charge in [0.25, 0.3) is 5.91 Å². The molecule has 33 heavy (non-hydrogen) atoms. The fourth-order valence-corrected chi connectivity index (χ4v) is 4.21. The van der Waals surface area contributed by atoms with Crippen molar-refractivity contribution in [3.8, 4) is 22.1 Å². The maximum absolute atomic E-state index is 13.1. The van der Waals surface area contributed by atoms with Crippen LogP contribution < -0.4 is 14.8 Å². The van der Waals surface area contributed by atoms with Gasteiger partial charge < -0.3 is 19.5 Å². The van der Waals surface area contributed by atoms with Crippen LogP contribution in [0.5, 0.6) is 11.5 Å². The minimum absolute atomic E-state index is 0.183. The second-order valence-electron chi connectivity index (χ2n) is 7.53. The van der Waals surface area contributed by atoms with E-state index in [-0.39, 0.29) is 11.7 Å². The third-order valence-corrected chi connectivity index (χ3v) is 6.16. The highest BCUT2D eigenvalue weighted by atomic mass is 32.1. The summed E-state index contributed by atoms with van der Waals surface area (Å²) in [6, 6.07) is 11.7. The Kier molecular flexibility index (Phi) is 7.87. The maximum Gasteiger partial charge on any atom is 0.270 e. The quantitative estimate of drug-likeness (QED) is 0.514. The van der Waals surface area contributed by atoms with Gasteiger partial charge in [-0.1, -0.05) is 12.1 Å². The number of rotatable bonds is 9. The summed E-state index contributed by atoms with van der Waals surface area (Å²) in [6.07, 6.45) is 0. The number of morpholine rings is 1. The van der Waals surface area contributed by atoms with Gasteiger partial charge >= 0.3 is 0 Å². The number of hydrogen-bond acceptors (Lipinski definition) is 7. The van der Waals surface area contributed by atoms with E-state index in [1.54, 1.807) is 30.7 Å². The number of methoxy groups -OCH3 is 1. The van der Waals surface area contributed by atoms with Crippen LogP contribution in [-0.4, -0.2) is 62.3 Å². The van der Waals surface area contributed by atoms with Gasteiger partial charge in [0.1, 0.15) is 23.1 Å². The number of aromatic nitrogens is 1. The lowest BCUT2D eigenvalue weighted by atomic mass is 10.2. The van der Waals surface area contributed by atoms with Gasteiger partial charge in [-0.3, -0.25) is 9.69 Å². The van der Waals surface area contributed by atoms with E-state index in [4.69, 9.17) is 14.2 Å². The van der Waals surface area contributed by atoms with Crippen molar-refractivity contribution in [2.24, 2.45) is 0 Å². The van der Waals surface area contributed by atoms with E-state index in [2.05, 4.69) is 15.2 Å². The second-order valence-corrected chi connectivity index (χ2v) is 8.39. The minimum Gasteiger partial charge on any atom is -0.493 e. The van der Waals surface area contributed by atoms with Crippen molar-refractivity contribution >= 4 is 17.2 Å². The highest BCUT2D eigenvalue weighted by Crippen LogP contribution is 2.34. The van der Waals surface area contributed by atoms with Gasteiger partial charge in [-0.25, -0.2) is 9.37 Å². The van der Waals surface area contributed by atoms with Crippen LogP contribution in [0.25, 0.3) is 10.6 Å². The number of carbonyl (C=O) groups is 1. The molecule has 174 valence electrons. The molecule has 1 aliphatic rings. The van der Waals surface area contributed by atoms with Crippen molar-refractivity contribution in [3.63, 3.8) is 0 Å². The summed E-state index contributed by atoms with van der Waals surface area (Å²) in [5.41, 5.74) is 2.08. The van der Waals surface area contributed by atoms with E-state index >= 15 is 0 Å². The van der Waals surface area contributed by atoms with E-state index in [1.807, 2.05) is 12.1 Å². The van der Waals surface area contributed by atoms with E-state index in [1.165, 1.54) is 23.5 Å². The number of halogens is 1. The Bertz CT molecular complexity index is 1070. The zero-order chi connectivity index (χ0) is 23.0. The second kappa shape index (κ2) is 11.2. The minimum atomic E-state index is -0.283. The summed E-state index contributed by atoms with van der Waals surface area (Å²) < 4.78 is 29.7. The summed E-state index contributed by atoms with van der Waals surface area (Å²) in [7, 11) is 1.57. The molecule has 3 aromatic rings. The highest BCUT2D eigenvalue weighted by Gasteiger charge is 2.15. The van der Waals surface area contributed by atoms with E-state index < -0.39 is 0 Å². The summed E-state index contributed by atoms with van der Waals surface area (Å²) in [5.74, 6) is 0.663. The molecule has 1 aromatic heterocycles. The van der Waals surface area contributed by atoms with Crippen molar-refractivity contribution in [1.82, 2.24) is 15.2 Å². The smallest absolute Gasteiger partial charge is 0.270 e. The zero-order valence-electron chi connectivity index (χ0n) is 18.4. The Morgan fingerprint density at radius 1 is 1.18 bits per heavy atom. The third-order valence-electron chi connectivity index (χ3n) is 5.27. The van der Waals surface area contributed by atoms with Crippen molar-refractivity contribution in [1.29, 1.82) is 0 Å². The number of nitrogens with one attached hydrogen (secondary N) is 1. The molecule has 0 aliphatic carbocycles. The molecule has 2 aromatic carbocycles. The van der Waals surface area contributed by atoms with Crippen molar-refractivity contribution in [2.45, 2.75) is 6.61 Å². The molecule has 1 fully saturated rings. The Balaban J connectivity index is 1.35. The van der Waals surface area contributed by atoms with Crippen LogP contribution in [0.15, 0.2) is 47.8 Å². The molecule has 2 heterocycles. The predicted molar refractivity (Wildman–Crippen MR) is 124 cm³/mol. The van der Waals surface area contributed by atoms with Crippen LogP contribution in [0.3, 0.4) is 0 Å². The van der Waals surface area contributed by atoms with Crippen LogP contribution >= 0.6 is 11.3 Å². The van der Waals surface area contributed by atoms with Crippen molar-refractivity contribution in [3.05, 3.63) is 64.9 Å². The monoisotopic (exact) mass is 471 g/mol. The molecule has 0 radical (unpaired) electrons. The molecule has 7 nitrogen and oxygen atoms in total. The average molecular weight is 472 g/mol. The average Bonchev–Trinajstić information content (AvgIpc) is 3.35. The molecular formula is C24H26FN3O4S. The lowest BCUT2D eigenvalue weighted by Gasteiger charge is -2.26. The molecule has 0 unspecified atom stereocenters.